The number of aryl methyl sites for hydroxylation is 2. The molecule has 0 aliphatic carbocycles. The number of hydrogen-bond acceptors (Lipinski definition) is 5. The zero-order valence-electron chi connectivity index (χ0n) is 15.9. The first-order chi connectivity index (χ1) is 13.2. The van der Waals surface area contributed by atoms with Gasteiger partial charge in [0.15, 0.2) is 6.61 Å². The van der Waals surface area contributed by atoms with Crippen molar-refractivity contribution in [3.05, 3.63) is 52.5 Å². The van der Waals surface area contributed by atoms with Gasteiger partial charge in [0.1, 0.15) is 11.5 Å². The Bertz CT molecular complexity index is 907. The molecule has 0 aromatic heterocycles. The van der Waals surface area contributed by atoms with Crippen molar-refractivity contribution in [2.75, 3.05) is 26.8 Å². The number of sulfonamides is 1. The molecule has 0 saturated heterocycles. The highest BCUT2D eigenvalue weighted by molar-refractivity contribution is 7.89. The van der Waals surface area contributed by atoms with Gasteiger partial charge in [-0.25, -0.2) is 13.1 Å². The molecule has 0 unspecified atom stereocenters. The molecular formula is C19H23ClN2O5S. The predicted octanol–water partition coefficient (Wildman–Crippen LogP) is 2.44. The fourth-order valence-corrected chi connectivity index (χ4v) is 3.56. The van der Waals surface area contributed by atoms with Gasteiger partial charge in [-0.2, -0.15) is 0 Å². The highest BCUT2D eigenvalue weighted by Gasteiger charge is 2.13. The summed E-state index contributed by atoms with van der Waals surface area (Å²) in [5.41, 5.74) is 1.73. The number of amides is 1. The first-order valence-electron chi connectivity index (χ1n) is 8.53. The second-order valence-electron chi connectivity index (χ2n) is 6.08. The number of halogens is 1. The van der Waals surface area contributed by atoms with Gasteiger partial charge in [0.25, 0.3) is 5.91 Å². The molecule has 9 heteroatoms. The molecule has 152 valence electrons. The van der Waals surface area contributed by atoms with Gasteiger partial charge in [-0.1, -0.05) is 11.6 Å². The van der Waals surface area contributed by atoms with Gasteiger partial charge in [-0.3, -0.25) is 4.79 Å². The number of nitrogens with one attached hydrogen (secondary N) is 2. The van der Waals surface area contributed by atoms with Crippen molar-refractivity contribution in [1.29, 1.82) is 0 Å². The van der Waals surface area contributed by atoms with Crippen molar-refractivity contribution in [3.63, 3.8) is 0 Å². The van der Waals surface area contributed by atoms with Gasteiger partial charge in [0, 0.05) is 18.1 Å². The van der Waals surface area contributed by atoms with Crippen molar-refractivity contribution in [3.8, 4) is 11.5 Å². The monoisotopic (exact) mass is 426 g/mol. The molecule has 2 rings (SSSR count). The molecule has 0 aliphatic rings. The summed E-state index contributed by atoms with van der Waals surface area (Å²) in [6, 6.07) is 9.53. The molecule has 2 aromatic carbocycles. The molecule has 0 fully saturated rings. The Kier molecular flexibility index (Phi) is 7.68. The number of rotatable bonds is 9. The third-order valence-corrected chi connectivity index (χ3v) is 5.96. The minimum Gasteiger partial charge on any atom is -0.497 e. The lowest BCUT2D eigenvalue weighted by molar-refractivity contribution is -0.123. The predicted molar refractivity (Wildman–Crippen MR) is 108 cm³/mol. The molecule has 0 spiro atoms. The second kappa shape index (κ2) is 9.77. The Labute approximate surface area is 170 Å². The van der Waals surface area contributed by atoms with E-state index in [1.165, 1.54) is 19.2 Å². The average molecular weight is 427 g/mol. The SMILES string of the molecule is COc1ccc(S(=O)(=O)NCCNC(=O)COc2cc(C)c(Cl)c(C)c2)cc1. The molecule has 0 radical (unpaired) electrons. The van der Waals surface area contributed by atoms with Crippen LogP contribution < -0.4 is 19.5 Å². The summed E-state index contributed by atoms with van der Waals surface area (Å²) in [4.78, 5) is 12.0. The summed E-state index contributed by atoms with van der Waals surface area (Å²) in [6.07, 6.45) is 0. The van der Waals surface area contributed by atoms with Gasteiger partial charge in [0.2, 0.25) is 10.0 Å². The smallest absolute Gasteiger partial charge is 0.257 e. The minimum absolute atomic E-state index is 0.0548. The maximum Gasteiger partial charge on any atom is 0.257 e. The highest BCUT2D eigenvalue weighted by Crippen LogP contribution is 2.25. The highest BCUT2D eigenvalue weighted by atomic mass is 35.5. The largest absolute Gasteiger partial charge is 0.497 e. The molecule has 0 bridgehead atoms. The van der Waals surface area contributed by atoms with Crippen LogP contribution in [-0.4, -0.2) is 41.1 Å². The summed E-state index contributed by atoms with van der Waals surface area (Å²) < 4.78 is 37.2. The van der Waals surface area contributed by atoms with Crippen LogP contribution in [-0.2, 0) is 14.8 Å². The van der Waals surface area contributed by atoms with E-state index in [1.54, 1.807) is 24.3 Å². The Morgan fingerprint density at radius 2 is 1.64 bits per heavy atom. The number of carbonyl (C=O) groups excluding carboxylic acids is 1. The summed E-state index contributed by atoms with van der Waals surface area (Å²) in [7, 11) is -2.15. The quantitative estimate of drug-likeness (QED) is 0.600. The van der Waals surface area contributed by atoms with Crippen LogP contribution in [0.1, 0.15) is 11.1 Å². The van der Waals surface area contributed by atoms with Crippen LogP contribution >= 0.6 is 11.6 Å². The summed E-state index contributed by atoms with van der Waals surface area (Å²) in [5.74, 6) is 0.765. The van der Waals surface area contributed by atoms with Gasteiger partial charge < -0.3 is 14.8 Å². The van der Waals surface area contributed by atoms with Crippen LogP contribution in [0.25, 0.3) is 0 Å². The Hall–Kier alpha value is -2.29. The topological polar surface area (TPSA) is 93.7 Å². The lowest BCUT2D eigenvalue weighted by Gasteiger charge is -2.11. The zero-order valence-corrected chi connectivity index (χ0v) is 17.5. The van der Waals surface area contributed by atoms with Crippen LogP contribution in [0.4, 0.5) is 0 Å². The lowest BCUT2D eigenvalue weighted by Crippen LogP contribution is -2.36. The summed E-state index contributed by atoms with van der Waals surface area (Å²) in [6.45, 7) is 3.73. The van der Waals surface area contributed by atoms with Crippen LogP contribution in [0.2, 0.25) is 5.02 Å². The maximum atomic E-state index is 12.2. The van der Waals surface area contributed by atoms with Gasteiger partial charge >= 0.3 is 0 Å². The molecule has 28 heavy (non-hydrogen) atoms. The third kappa shape index (κ3) is 6.12. The van der Waals surface area contributed by atoms with E-state index in [2.05, 4.69) is 10.0 Å². The van der Waals surface area contributed by atoms with Gasteiger partial charge in [-0.05, 0) is 61.4 Å². The number of ether oxygens (including phenoxy) is 2. The molecule has 0 heterocycles. The van der Waals surface area contributed by atoms with E-state index in [1.807, 2.05) is 13.8 Å². The van der Waals surface area contributed by atoms with Gasteiger partial charge in [0.05, 0.1) is 12.0 Å². The van der Waals surface area contributed by atoms with Crippen LogP contribution in [0.5, 0.6) is 11.5 Å². The van der Waals surface area contributed by atoms with Crippen molar-refractivity contribution < 1.29 is 22.7 Å². The fourth-order valence-electron chi connectivity index (χ4n) is 2.41. The van der Waals surface area contributed by atoms with E-state index in [0.29, 0.717) is 16.5 Å². The van der Waals surface area contributed by atoms with Crippen molar-refractivity contribution in [1.82, 2.24) is 10.0 Å². The molecule has 2 N–H and O–H groups in total. The molecule has 7 nitrogen and oxygen atoms in total. The standard InChI is InChI=1S/C19H23ClN2O5S/c1-13-10-16(11-14(2)19(13)20)27-12-18(23)21-8-9-22-28(24,25)17-6-4-15(26-3)5-7-17/h4-7,10-11,22H,8-9,12H2,1-3H3,(H,21,23). The van der Waals surface area contributed by atoms with Crippen LogP contribution in [0.15, 0.2) is 41.3 Å². The molecule has 0 saturated carbocycles. The van der Waals surface area contributed by atoms with E-state index in [4.69, 9.17) is 21.1 Å². The molecule has 2 aromatic rings. The number of hydrogen-bond donors (Lipinski definition) is 2. The number of carbonyl (C=O) groups is 1. The van der Waals surface area contributed by atoms with E-state index in [-0.39, 0.29) is 30.5 Å². The number of methoxy groups -OCH3 is 1. The Balaban J connectivity index is 1.76. The van der Waals surface area contributed by atoms with E-state index in [9.17, 15) is 13.2 Å². The van der Waals surface area contributed by atoms with E-state index < -0.39 is 10.0 Å². The Morgan fingerprint density at radius 3 is 2.21 bits per heavy atom. The lowest BCUT2D eigenvalue weighted by atomic mass is 10.1. The maximum absolute atomic E-state index is 12.2. The van der Waals surface area contributed by atoms with E-state index >= 15 is 0 Å². The minimum atomic E-state index is -3.65. The molecule has 0 aliphatic heterocycles. The fraction of sp³-hybridized carbons (Fsp3) is 0.316. The van der Waals surface area contributed by atoms with Crippen LogP contribution in [0.3, 0.4) is 0 Å². The molecular weight excluding hydrogens is 404 g/mol. The summed E-state index contributed by atoms with van der Waals surface area (Å²) in [5, 5.41) is 3.27. The van der Waals surface area contributed by atoms with Crippen LogP contribution in [0, 0.1) is 13.8 Å². The second-order valence-corrected chi connectivity index (χ2v) is 8.23. The zero-order chi connectivity index (χ0) is 20.7. The molecule has 1 amide bonds. The third-order valence-electron chi connectivity index (χ3n) is 3.89. The van der Waals surface area contributed by atoms with Crippen molar-refractivity contribution >= 4 is 27.5 Å². The number of benzene rings is 2. The molecule has 0 atom stereocenters. The Morgan fingerprint density at radius 1 is 1.04 bits per heavy atom. The summed E-state index contributed by atoms with van der Waals surface area (Å²) >= 11 is 6.10. The average Bonchev–Trinajstić information content (AvgIpc) is 2.67. The normalized spacial score (nSPS) is 11.1. The van der Waals surface area contributed by atoms with Gasteiger partial charge in [-0.15, -0.1) is 0 Å². The van der Waals surface area contributed by atoms with Crippen molar-refractivity contribution in [2.24, 2.45) is 0 Å². The van der Waals surface area contributed by atoms with Crippen molar-refractivity contribution in [2.45, 2.75) is 18.7 Å². The first-order valence-corrected chi connectivity index (χ1v) is 10.4. The first kappa shape index (κ1) is 22.0. The van der Waals surface area contributed by atoms with E-state index in [0.717, 1.165) is 11.1 Å².